The molecule has 1 heterocycles. The number of nitrogens with one attached hydrogen (secondary N) is 1. The van der Waals surface area contributed by atoms with E-state index >= 15 is 0 Å². The van der Waals surface area contributed by atoms with Gasteiger partial charge in [-0.1, -0.05) is 31.9 Å². The van der Waals surface area contributed by atoms with Crippen molar-refractivity contribution in [3.05, 3.63) is 29.8 Å². The van der Waals surface area contributed by atoms with Crippen molar-refractivity contribution in [1.82, 2.24) is 10.2 Å². The van der Waals surface area contributed by atoms with Crippen molar-refractivity contribution < 1.29 is 13.2 Å². The normalized spacial score (nSPS) is 24.8. The van der Waals surface area contributed by atoms with Crippen LogP contribution >= 0.6 is 0 Å². The molecule has 24 heavy (non-hydrogen) atoms. The fraction of sp³-hybridized carbons (Fsp3) is 0.529. The predicted octanol–water partition coefficient (Wildman–Crippen LogP) is 1.76. The smallest absolute Gasteiger partial charge is 0.285 e. The number of carbonyl (C=O) groups is 1. The van der Waals surface area contributed by atoms with E-state index in [1.165, 1.54) is 6.42 Å². The van der Waals surface area contributed by atoms with E-state index in [1.807, 2.05) is 0 Å². The van der Waals surface area contributed by atoms with E-state index in [0.717, 1.165) is 19.3 Å². The van der Waals surface area contributed by atoms with E-state index in [-0.39, 0.29) is 23.4 Å². The highest BCUT2D eigenvalue weighted by molar-refractivity contribution is 7.90. The van der Waals surface area contributed by atoms with Gasteiger partial charge < -0.3 is 10.2 Å². The highest BCUT2D eigenvalue weighted by Gasteiger charge is 2.31. The van der Waals surface area contributed by atoms with E-state index in [2.05, 4.69) is 16.6 Å². The number of benzene rings is 1. The van der Waals surface area contributed by atoms with Gasteiger partial charge in [0.2, 0.25) is 5.91 Å². The Hall–Kier alpha value is -1.89. The SMILES string of the molecule is CC1CCCCC1NC(=O)CN(C)C1=NS(=O)(=O)c2ccccc21. The Kier molecular flexibility index (Phi) is 4.62. The first-order chi connectivity index (χ1) is 11.4. The van der Waals surface area contributed by atoms with Crippen LogP contribution in [0.15, 0.2) is 33.6 Å². The van der Waals surface area contributed by atoms with Gasteiger partial charge in [0.25, 0.3) is 10.0 Å². The second-order valence-corrected chi connectivity index (χ2v) is 8.25. The Bertz CT molecular complexity index is 773. The van der Waals surface area contributed by atoms with Gasteiger partial charge >= 0.3 is 0 Å². The molecule has 0 radical (unpaired) electrons. The number of carbonyl (C=O) groups excluding carboxylic acids is 1. The number of amides is 1. The predicted molar refractivity (Wildman–Crippen MR) is 92.4 cm³/mol. The molecule has 3 rings (SSSR count). The summed E-state index contributed by atoms with van der Waals surface area (Å²) in [5.41, 5.74) is 0.554. The van der Waals surface area contributed by atoms with Crippen LogP contribution in [0.2, 0.25) is 0 Å². The quantitative estimate of drug-likeness (QED) is 0.902. The molecule has 1 fully saturated rings. The van der Waals surface area contributed by atoms with Crippen LogP contribution in [0.25, 0.3) is 0 Å². The van der Waals surface area contributed by atoms with Gasteiger partial charge in [0, 0.05) is 18.7 Å². The Morgan fingerprint density at radius 2 is 2.00 bits per heavy atom. The number of hydrogen-bond donors (Lipinski definition) is 1. The van der Waals surface area contributed by atoms with Gasteiger partial charge in [0.1, 0.15) is 4.90 Å². The number of amidine groups is 1. The highest BCUT2D eigenvalue weighted by Crippen LogP contribution is 2.27. The van der Waals surface area contributed by atoms with Crippen LogP contribution in [0.1, 0.15) is 38.2 Å². The zero-order valence-corrected chi connectivity index (χ0v) is 14.8. The summed E-state index contributed by atoms with van der Waals surface area (Å²) in [5, 5.41) is 3.08. The maximum absolute atomic E-state index is 12.3. The van der Waals surface area contributed by atoms with Gasteiger partial charge in [-0.25, -0.2) is 0 Å². The highest BCUT2D eigenvalue weighted by atomic mass is 32.2. The third-order valence-electron chi connectivity index (χ3n) is 4.81. The number of fused-ring (bicyclic) bond motifs is 1. The molecular formula is C17H23N3O3S. The molecule has 2 unspecified atom stereocenters. The third kappa shape index (κ3) is 3.31. The molecule has 0 bridgehead atoms. The molecule has 1 aromatic carbocycles. The molecule has 1 aliphatic heterocycles. The molecule has 1 amide bonds. The molecule has 1 saturated carbocycles. The van der Waals surface area contributed by atoms with Crippen LogP contribution in [-0.2, 0) is 14.8 Å². The van der Waals surface area contributed by atoms with Gasteiger partial charge in [-0.3, -0.25) is 4.79 Å². The summed E-state index contributed by atoms with van der Waals surface area (Å²) in [6, 6.07) is 6.91. The number of rotatable bonds is 3. The first-order valence-corrected chi connectivity index (χ1v) is 9.77. The van der Waals surface area contributed by atoms with E-state index in [1.54, 1.807) is 36.2 Å². The maximum Gasteiger partial charge on any atom is 0.285 e. The van der Waals surface area contributed by atoms with Gasteiger partial charge in [-0.05, 0) is 30.9 Å². The second kappa shape index (κ2) is 6.55. The zero-order chi connectivity index (χ0) is 17.3. The summed E-state index contributed by atoms with van der Waals surface area (Å²) in [4.78, 5) is 14.1. The molecule has 130 valence electrons. The number of likely N-dealkylation sites (N-methyl/N-ethyl adjacent to an activating group) is 1. The van der Waals surface area contributed by atoms with Crippen molar-refractivity contribution in [2.75, 3.05) is 13.6 Å². The average molecular weight is 349 g/mol. The van der Waals surface area contributed by atoms with Crippen LogP contribution in [0.4, 0.5) is 0 Å². The lowest BCUT2D eigenvalue weighted by Crippen LogP contribution is -2.46. The molecule has 1 aromatic rings. The van der Waals surface area contributed by atoms with Crippen molar-refractivity contribution in [2.45, 2.75) is 43.5 Å². The Balaban J connectivity index is 1.69. The van der Waals surface area contributed by atoms with Crippen molar-refractivity contribution in [3.8, 4) is 0 Å². The van der Waals surface area contributed by atoms with Crippen molar-refractivity contribution in [2.24, 2.45) is 10.3 Å². The fourth-order valence-corrected chi connectivity index (χ4v) is 4.69. The number of hydrogen-bond acceptors (Lipinski definition) is 4. The van der Waals surface area contributed by atoms with E-state index in [9.17, 15) is 13.2 Å². The van der Waals surface area contributed by atoms with Crippen LogP contribution in [0, 0.1) is 5.92 Å². The van der Waals surface area contributed by atoms with Gasteiger partial charge in [-0.15, -0.1) is 4.40 Å². The lowest BCUT2D eigenvalue weighted by atomic mass is 9.86. The summed E-state index contributed by atoms with van der Waals surface area (Å²) in [6.07, 6.45) is 4.51. The summed E-state index contributed by atoms with van der Waals surface area (Å²) >= 11 is 0. The molecule has 0 spiro atoms. The van der Waals surface area contributed by atoms with E-state index in [4.69, 9.17) is 0 Å². The topological polar surface area (TPSA) is 78.8 Å². The minimum atomic E-state index is -3.66. The van der Waals surface area contributed by atoms with Crippen molar-refractivity contribution >= 4 is 21.8 Å². The van der Waals surface area contributed by atoms with Gasteiger partial charge in [0.05, 0.1) is 6.54 Å². The molecule has 6 nitrogen and oxygen atoms in total. The zero-order valence-electron chi connectivity index (χ0n) is 14.0. The minimum Gasteiger partial charge on any atom is -0.352 e. The molecule has 0 aromatic heterocycles. The molecule has 2 aliphatic rings. The van der Waals surface area contributed by atoms with E-state index < -0.39 is 10.0 Å². The third-order valence-corrected chi connectivity index (χ3v) is 6.14. The monoisotopic (exact) mass is 349 g/mol. The van der Waals surface area contributed by atoms with Crippen LogP contribution < -0.4 is 5.32 Å². The molecule has 2 atom stereocenters. The minimum absolute atomic E-state index is 0.0892. The molecule has 1 aliphatic carbocycles. The van der Waals surface area contributed by atoms with Crippen LogP contribution in [0.5, 0.6) is 0 Å². The molecule has 0 saturated heterocycles. The second-order valence-electron chi connectivity index (χ2n) is 6.68. The van der Waals surface area contributed by atoms with Gasteiger partial charge in [0.15, 0.2) is 5.84 Å². The first kappa shape index (κ1) is 17.0. The summed E-state index contributed by atoms with van der Waals surface area (Å²) in [6.45, 7) is 2.25. The first-order valence-electron chi connectivity index (χ1n) is 8.33. The summed E-state index contributed by atoms with van der Waals surface area (Å²) in [7, 11) is -1.96. The summed E-state index contributed by atoms with van der Waals surface area (Å²) < 4.78 is 28.0. The largest absolute Gasteiger partial charge is 0.352 e. The van der Waals surface area contributed by atoms with Gasteiger partial charge in [-0.2, -0.15) is 8.42 Å². The Labute approximate surface area is 143 Å². The lowest BCUT2D eigenvalue weighted by molar-refractivity contribution is -0.122. The Morgan fingerprint density at radius 3 is 2.75 bits per heavy atom. The Morgan fingerprint density at radius 1 is 1.29 bits per heavy atom. The van der Waals surface area contributed by atoms with E-state index in [0.29, 0.717) is 17.3 Å². The molecular weight excluding hydrogens is 326 g/mol. The summed E-state index contributed by atoms with van der Waals surface area (Å²) in [5.74, 6) is 0.719. The lowest BCUT2D eigenvalue weighted by Gasteiger charge is -2.30. The maximum atomic E-state index is 12.3. The van der Waals surface area contributed by atoms with Crippen LogP contribution in [-0.4, -0.2) is 44.7 Å². The average Bonchev–Trinajstić information content (AvgIpc) is 2.82. The standard InChI is InChI=1S/C17H23N3O3S/c1-12-7-3-5-9-14(12)18-16(21)11-20(2)17-13-8-4-6-10-15(13)24(22,23)19-17/h4,6,8,10,12,14H,3,5,7,9,11H2,1-2H3,(H,18,21). The van der Waals surface area contributed by atoms with Crippen molar-refractivity contribution in [1.29, 1.82) is 0 Å². The number of sulfonamides is 1. The fourth-order valence-electron chi connectivity index (χ4n) is 3.44. The molecule has 1 N–H and O–H groups in total. The van der Waals surface area contributed by atoms with Crippen molar-refractivity contribution in [3.63, 3.8) is 0 Å². The number of nitrogens with zero attached hydrogens (tertiary/aromatic N) is 2. The molecule has 7 heteroatoms. The van der Waals surface area contributed by atoms with Crippen LogP contribution in [0.3, 0.4) is 0 Å².